The summed E-state index contributed by atoms with van der Waals surface area (Å²) in [5.41, 5.74) is 0.871. The van der Waals surface area contributed by atoms with Crippen molar-refractivity contribution in [1.82, 2.24) is 0 Å². The van der Waals surface area contributed by atoms with Gasteiger partial charge in [-0.3, -0.25) is 13.9 Å². The first-order valence-corrected chi connectivity index (χ1v) is 9.03. The molecule has 0 amide bonds. The van der Waals surface area contributed by atoms with E-state index in [0.29, 0.717) is 17.5 Å². The van der Waals surface area contributed by atoms with Crippen LogP contribution in [0.2, 0.25) is 0 Å². The fourth-order valence-electron chi connectivity index (χ4n) is 1.58. The molecule has 1 aromatic rings. The van der Waals surface area contributed by atoms with Crippen molar-refractivity contribution in [2.45, 2.75) is 0 Å². The Morgan fingerprint density at radius 1 is 0.905 bits per heavy atom. The van der Waals surface area contributed by atoms with Crippen molar-refractivity contribution >= 4 is 32.2 Å². The van der Waals surface area contributed by atoms with Gasteiger partial charge in [-0.25, -0.2) is 0 Å². The normalized spacial score (nSPS) is 12.1. The van der Waals surface area contributed by atoms with Gasteiger partial charge >= 0.3 is 0 Å². The van der Waals surface area contributed by atoms with Gasteiger partial charge in [0.1, 0.15) is 6.29 Å². The Morgan fingerprint density at radius 2 is 1.33 bits per heavy atom. The van der Waals surface area contributed by atoms with Crippen molar-refractivity contribution in [1.29, 1.82) is 0 Å². The standard InChI is InChI=1S/C11H15NO7S2/c13-9-10-1-3-11(4-2-10)12(5-7-20(14,15)16)6-8-21(17,18)19/h1-4,9H,5-8H2,(H,14,15,16)(H,17,18,19). The molecule has 0 unspecified atom stereocenters. The number of aldehydes is 1. The minimum atomic E-state index is -4.20. The molecule has 0 radical (unpaired) electrons. The Balaban J connectivity index is 2.90. The highest BCUT2D eigenvalue weighted by Crippen LogP contribution is 2.15. The van der Waals surface area contributed by atoms with E-state index in [-0.39, 0.29) is 13.1 Å². The number of nitrogens with zero attached hydrogens (tertiary/aromatic N) is 1. The van der Waals surface area contributed by atoms with Gasteiger partial charge < -0.3 is 4.90 Å². The van der Waals surface area contributed by atoms with Gasteiger partial charge in [0.25, 0.3) is 20.2 Å². The Morgan fingerprint density at radius 3 is 1.67 bits per heavy atom. The van der Waals surface area contributed by atoms with Crippen molar-refractivity contribution in [3.63, 3.8) is 0 Å². The van der Waals surface area contributed by atoms with Gasteiger partial charge in [0.15, 0.2) is 0 Å². The first kappa shape index (κ1) is 17.6. The van der Waals surface area contributed by atoms with Gasteiger partial charge in [-0.05, 0) is 24.3 Å². The summed E-state index contributed by atoms with van der Waals surface area (Å²) < 4.78 is 60.6. The molecule has 0 aromatic heterocycles. The second-order valence-corrected chi connectivity index (χ2v) is 7.41. The SMILES string of the molecule is O=Cc1ccc(N(CCS(=O)(=O)O)CCS(=O)(=O)O)cc1. The van der Waals surface area contributed by atoms with Gasteiger partial charge in [-0.15, -0.1) is 0 Å². The van der Waals surface area contributed by atoms with Crippen LogP contribution in [0.5, 0.6) is 0 Å². The minimum Gasteiger partial charge on any atom is -0.369 e. The average Bonchev–Trinajstić information content (AvgIpc) is 2.36. The highest BCUT2D eigenvalue weighted by Gasteiger charge is 2.14. The number of carbonyl (C=O) groups is 1. The number of benzene rings is 1. The Kier molecular flexibility index (Phi) is 5.84. The van der Waals surface area contributed by atoms with Crippen LogP contribution in [0.15, 0.2) is 24.3 Å². The van der Waals surface area contributed by atoms with E-state index in [0.717, 1.165) is 0 Å². The van der Waals surface area contributed by atoms with Gasteiger partial charge in [0.2, 0.25) is 0 Å². The highest BCUT2D eigenvalue weighted by atomic mass is 32.2. The molecule has 1 aromatic carbocycles. The van der Waals surface area contributed by atoms with Crippen LogP contribution in [-0.4, -0.2) is 56.8 Å². The minimum absolute atomic E-state index is 0.158. The monoisotopic (exact) mass is 337 g/mol. The number of carbonyl (C=O) groups excluding carboxylic acids is 1. The van der Waals surface area contributed by atoms with Gasteiger partial charge in [0, 0.05) is 24.3 Å². The molecule has 21 heavy (non-hydrogen) atoms. The summed E-state index contributed by atoms with van der Waals surface area (Å²) in [6, 6.07) is 5.99. The largest absolute Gasteiger partial charge is 0.369 e. The van der Waals surface area contributed by atoms with Gasteiger partial charge in [-0.1, -0.05) is 0 Å². The summed E-state index contributed by atoms with van der Waals surface area (Å²) in [6.45, 7) is -0.316. The second kappa shape index (κ2) is 6.98. The maximum absolute atomic E-state index is 10.8. The van der Waals surface area contributed by atoms with Crippen molar-refractivity contribution in [3.8, 4) is 0 Å². The first-order valence-electron chi connectivity index (χ1n) is 5.81. The molecular weight excluding hydrogens is 322 g/mol. The summed E-state index contributed by atoms with van der Waals surface area (Å²) >= 11 is 0. The lowest BCUT2D eigenvalue weighted by Crippen LogP contribution is -2.33. The molecule has 1 rings (SSSR count). The third-order valence-electron chi connectivity index (χ3n) is 2.63. The smallest absolute Gasteiger partial charge is 0.266 e. The van der Waals surface area contributed by atoms with E-state index in [9.17, 15) is 21.6 Å². The number of hydrogen-bond donors (Lipinski definition) is 2. The molecule has 0 aliphatic rings. The topological polar surface area (TPSA) is 129 Å². The molecule has 0 saturated heterocycles. The molecule has 0 spiro atoms. The maximum atomic E-state index is 10.8. The van der Waals surface area contributed by atoms with Crippen LogP contribution in [0.4, 0.5) is 5.69 Å². The number of rotatable bonds is 8. The lowest BCUT2D eigenvalue weighted by Gasteiger charge is -2.23. The molecule has 10 heteroatoms. The fraction of sp³-hybridized carbons (Fsp3) is 0.364. The number of hydrogen-bond acceptors (Lipinski definition) is 6. The molecule has 0 atom stereocenters. The van der Waals surface area contributed by atoms with E-state index in [4.69, 9.17) is 9.11 Å². The third-order valence-corrected chi connectivity index (χ3v) is 4.03. The summed E-state index contributed by atoms with van der Waals surface area (Å²) in [6.07, 6.45) is 0.629. The lowest BCUT2D eigenvalue weighted by atomic mass is 10.2. The second-order valence-electron chi connectivity index (χ2n) is 4.27. The molecule has 8 nitrogen and oxygen atoms in total. The van der Waals surface area contributed by atoms with E-state index in [1.807, 2.05) is 0 Å². The Hall–Kier alpha value is -1.49. The van der Waals surface area contributed by atoms with Crippen LogP contribution < -0.4 is 4.90 Å². The van der Waals surface area contributed by atoms with Crippen LogP contribution in [0.3, 0.4) is 0 Å². The maximum Gasteiger partial charge on any atom is 0.266 e. The molecule has 0 fully saturated rings. The zero-order valence-corrected chi connectivity index (χ0v) is 12.5. The lowest BCUT2D eigenvalue weighted by molar-refractivity contribution is 0.112. The van der Waals surface area contributed by atoms with Crippen molar-refractivity contribution in [2.24, 2.45) is 0 Å². The summed E-state index contributed by atoms with van der Waals surface area (Å²) in [5, 5.41) is 0. The summed E-state index contributed by atoms with van der Waals surface area (Å²) in [5.74, 6) is -1.18. The molecular formula is C11H15NO7S2. The Bertz CT molecular complexity index is 644. The van der Waals surface area contributed by atoms with Gasteiger partial charge in [-0.2, -0.15) is 16.8 Å². The average molecular weight is 337 g/mol. The first-order chi connectivity index (χ1) is 9.61. The van der Waals surface area contributed by atoms with Crippen LogP contribution >= 0.6 is 0 Å². The van der Waals surface area contributed by atoms with E-state index in [2.05, 4.69) is 0 Å². The zero-order valence-electron chi connectivity index (χ0n) is 10.9. The molecule has 0 aliphatic heterocycles. The predicted octanol–water partition coefficient (Wildman–Crippen LogP) is 0.0811. The summed E-state index contributed by atoms with van der Waals surface area (Å²) in [4.78, 5) is 11.9. The van der Waals surface area contributed by atoms with E-state index in [1.165, 1.54) is 29.2 Å². The summed E-state index contributed by atoms with van der Waals surface area (Å²) in [7, 11) is -8.41. The fourth-order valence-corrected chi connectivity index (χ4v) is 2.49. The van der Waals surface area contributed by atoms with E-state index >= 15 is 0 Å². The van der Waals surface area contributed by atoms with E-state index < -0.39 is 31.7 Å². The van der Waals surface area contributed by atoms with E-state index in [1.54, 1.807) is 0 Å². The van der Waals surface area contributed by atoms with Crippen molar-refractivity contribution < 1.29 is 30.7 Å². The molecule has 0 bridgehead atoms. The van der Waals surface area contributed by atoms with Crippen LogP contribution in [-0.2, 0) is 20.2 Å². The van der Waals surface area contributed by atoms with Crippen molar-refractivity contribution in [2.75, 3.05) is 29.5 Å². The van der Waals surface area contributed by atoms with Crippen LogP contribution in [0.1, 0.15) is 10.4 Å². The quantitative estimate of drug-likeness (QED) is 0.504. The zero-order chi connectivity index (χ0) is 16.1. The predicted molar refractivity (Wildman–Crippen MR) is 76.9 cm³/mol. The van der Waals surface area contributed by atoms with Crippen LogP contribution in [0.25, 0.3) is 0 Å². The molecule has 0 aliphatic carbocycles. The molecule has 118 valence electrons. The van der Waals surface area contributed by atoms with Crippen molar-refractivity contribution in [3.05, 3.63) is 29.8 Å². The molecule has 0 saturated carbocycles. The van der Waals surface area contributed by atoms with Crippen LogP contribution in [0, 0.1) is 0 Å². The molecule has 2 N–H and O–H groups in total. The Labute approximate surface area is 122 Å². The molecule has 0 heterocycles. The highest BCUT2D eigenvalue weighted by molar-refractivity contribution is 7.86. The number of anilines is 1. The van der Waals surface area contributed by atoms with Gasteiger partial charge in [0.05, 0.1) is 11.5 Å². The third kappa shape index (κ3) is 7.18.